The van der Waals surface area contributed by atoms with Gasteiger partial charge in [0.05, 0.1) is 120 Å². The summed E-state index contributed by atoms with van der Waals surface area (Å²) in [5.41, 5.74) is 26.1. The van der Waals surface area contributed by atoms with Crippen molar-refractivity contribution in [3.63, 3.8) is 0 Å². The molecule has 732 valence electrons. The average Bonchev–Trinajstić information content (AvgIpc) is 1.77. The van der Waals surface area contributed by atoms with E-state index in [9.17, 15) is 74.5 Å². The van der Waals surface area contributed by atoms with Crippen molar-refractivity contribution in [2.45, 2.75) is 102 Å². The predicted octanol–water partition coefficient (Wildman–Crippen LogP) is 25.2. The molecule has 0 saturated heterocycles. The van der Waals surface area contributed by atoms with E-state index in [1.807, 2.05) is 121 Å². The van der Waals surface area contributed by atoms with Gasteiger partial charge in [-0.2, -0.15) is 0 Å². The minimum atomic E-state index is -0.773. The minimum Gasteiger partial charge on any atom is -0.444 e. The fourth-order valence-corrected chi connectivity index (χ4v) is 21.0. The molecule has 45 heteroatoms. The van der Waals surface area contributed by atoms with E-state index < -0.39 is 42.4 Å². The lowest BCUT2D eigenvalue weighted by atomic mass is 10.0. The Morgan fingerprint density at radius 3 is 0.936 bits per heavy atom. The van der Waals surface area contributed by atoms with Crippen LogP contribution in [0.2, 0.25) is 10.0 Å². The molecule has 9 aromatic heterocycles. The number of nitrogens with two attached hydrogens (primary N) is 3. The molecule has 0 saturated carbocycles. The second-order valence-electron chi connectivity index (χ2n) is 31.1. The molecule has 0 bridgehead atoms. The molecule has 9 heterocycles. The highest BCUT2D eigenvalue weighted by Gasteiger charge is 2.28. The SMILES string of the molecule is Br.Br.CC(C)(C)OC(=O)N[C@@H](Cc1ccc([N+](=O)[O-])cc1)C(=O)CBr.NC(=O)c1cccs1.N[C@@H](Cc1ccc([N+](=O)[O-])cc1)c1csc(-c2cccs2)n1.N[C@@H](Cc1ccc([N+](=O)[O-])cc1)c1csc(-c2cccs2)n1.O=C(Cc1cccc(Cl)c1)N[C@@H](Cc1ccc([N+](=O)[O-])cc1)c1csc(-c2cccs2)n1.O=C(Cc1cccc(Cl)c1)N[C@@H](Cc1ccc([N+](=O)[O-])cc1)c1csc(-c2cccs2)n1. The standard InChI is InChI=1S/2C23H18ClN3O3S2.C15H19BrN2O5.2C15H13N3O2S2.C5H5NOS.2BrH/c2*24-17-4-1-3-16(11-17)13-22(28)25-19(12-15-6-8-18(9-7-15)27(29)30)20-14-32-23(26-20)21-5-2-10-31-21;1-15(2,3)23-14(20)17-12(13(19)9-16)8-10-4-6-11(7-5-10)18(21)22;2*16-12(8-10-3-5-11(6-4-10)18(19)20)13-9-22-15(17-13)14-2-1-7-21-14;6-5(7)4-2-1-3-8-4;;/h2*1-11,14,19H,12-13H2,(H,25,28);4-7,12H,8-9H2,1-3H3,(H,17,20);2*1-7,9,12H,8,16H2;1-3H,(H2,6,7);2*1H/t2*19-;3*12-;;;/m00000.../s1. The van der Waals surface area contributed by atoms with Gasteiger partial charge in [-0.05, 0) is 173 Å². The lowest BCUT2D eigenvalue weighted by molar-refractivity contribution is -0.385. The van der Waals surface area contributed by atoms with Crippen LogP contribution in [0.5, 0.6) is 0 Å². The van der Waals surface area contributed by atoms with E-state index in [-0.39, 0.29) is 135 Å². The van der Waals surface area contributed by atoms with E-state index in [4.69, 9.17) is 55.1 Å². The number of amides is 4. The number of hydrogen-bond acceptors (Lipinski definition) is 31. The Balaban J connectivity index is 0.000000194. The molecule has 0 aliphatic rings. The van der Waals surface area contributed by atoms with Gasteiger partial charge in [0.15, 0.2) is 5.78 Å². The van der Waals surface area contributed by atoms with E-state index in [0.29, 0.717) is 46.2 Å². The Kier molecular flexibility index (Phi) is 44.6. The number of non-ortho nitro benzene ring substituents is 5. The Bertz CT molecular complexity index is 6420. The first-order valence-corrected chi connectivity index (χ1v) is 51.6. The fraction of sp³-hybridized carbons (Fsp3) is 0.177. The lowest BCUT2D eigenvalue weighted by Crippen LogP contribution is -2.45. The van der Waals surface area contributed by atoms with Gasteiger partial charge in [-0.25, -0.2) is 24.7 Å². The number of thiophene rings is 5. The van der Waals surface area contributed by atoms with Crippen molar-refractivity contribution in [2.24, 2.45) is 17.2 Å². The molecule has 31 nitrogen and oxygen atoms in total. The number of benzene rings is 7. The van der Waals surface area contributed by atoms with Gasteiger partial charge < -0.3 is 37.9 Å². The molecule has 0 radical (unpaired) electrons. The van der Waals surface area contributed by atoms with Gasteiger partial charge in [0.25, 0.3) is 34.3 Å². The summed E-state index contributed by atoms with van der Waals surface area (Å²) in [7, 11) is 0. The van der Waals surface area contributed by atoms with E-state index in [1.54, 1.807) is 186 Å². The predicted molar refractivity (Wildman–Crippen MR) is 577 cm³/mol. The van der Waals surface area contributed by atoms with Crippen LogP contribution in [0, 0.1) is 50.6 Å². The van der Waals surface area contributed by atoms with Crippen LogP contribution in [0.15, 0.2) is 279 Å². The number of halogens is 5. The van der Waals surface area contributed by atoms with E-state index in [1.165, 1.54) is 94.7 Å². The monoisotopic (exact) mass is 2300 g/mol. The lowest BCUT2D eigenvalue weighted by Gasteiger charge is -2.23. The van der Waals surface area contributed by atoms with E-state index in [0.717, 1.165) is 95.7 Å². The maximum Gasteiger partial charge on any atom is 0.408 e. The number of hydrogen-bond donors (Lipinski definition) is 6. The fourth-order valence-electron chi connectivity index (χ4n) is 12.9. The number of thiazole rings is 4. The number of primary amides is 1. The van der Waals surface area contributed by atoms with Crippen molar-refractivity contribution in [1.29, 1.82) is 0 Å². The Hall–Kier alpha value is -12.2. The maximum absolute atomic E-state index is 12.8. The molecule has 0 aliphatic heterocycles. The van der Waals surface area contributed by atoms with Gasteiger partial charge in [0.1, 0.15) is 25.6 Å². The average molecular weight is 2310 g/mol. The smallest absolute Gasteiger partial charge is 0.408 e. The van der Waals surface area contributed by atoms with Gasteiger partial charge in [-0.15, -0.1) is 136 Å². The summed E-state index contributed by atoms with van der Waals surface area (Å²) in [5, 5.41) is 85.2. The van der Waals surface area contributed by atoms with Crippen LogP contribution in [0.4, 0.5) is 33.2 Å². The van der Waals surface area contributed by atoms with Gasteiger partial charge in [0, 0.05) is 92.2 Å². The summed E-state index contributed by atoms with van der Waals surface area (Å²) in [6.07, 6.45) is 2.07. The number of Topliss-reactive ketones (excluding diaryl/α,β-unsaturated/α-hetero) is 1. The van der Waals surface area contributed by atoms with Crippen LogP contribution in [-0.4, -0.2) is 91.1 Å². The number of rotatable bonds is 33. The molecule has 9 N–H and O–H groups in total. The molecule has 16 rings (SSSR count). The Morgan fingerprint density at radius 1 is 0.383 bits per heavy atom. The zero-order valence-electron chi connectivity index (χ0n) is 74.6. The number of nitrogens with zero attached hydrogens (tertiary/aromatic N) is 9. The zero-order valence-corrected chi connectivity index (χ0v) is 88.5. The molecule has 5 atom stereocenters. The number of nitro benzene ring substituents is 5. The molecular formula is C96H88Br3Cl2N15O16S9. The Morgan fingerprint density at radius 2 is 0.674 bits per heavy atom. The summed E-state index contributed by atoms with van der Waals surface area (Å²) in [4.78, 5) is 135. The summed E-state index contributed by atoms with van der Waals surface area (Å²) >= 11 is 29.3. The highest BCUT2D eigenvalue weighted by atomic mass is 79.9. The topological polar surface area (TPSA) is 476 Å². The number of aromatic nitrogens is 4. The summed E-state index contributed by atoms with van der Waals surface area (Å²) in [5.74, 6) is -0.857. The molecule has 0 aliphatic carbocycles. The van der Waals surface area contributed by atoms with E-state index in [2.05, 4.69) is 41.8 Å². The second-order valence-corrected chi connectivity index (χ2v) is 40.7. The van der Waals surface area contributed by atoms with Crippen LogP contribution in [0.1, 0.15) is 116 Å². The number of alkyl halides is 1. The highest BCUT2D eigenvalue weighted by molar-refractivity contribution is 9.09. The van der Waals surface area contributed by atoms with Crippen molar-refractivity contribution >= 4 is 233 Å². The van der Waals surface area contributed by atoms with E-state index >= 15 is 0 Å². The van der Waals surface area contributed by atoms with Gasteiger partial charge in [-0.1, -0.05) is 154 Å². The van der Waals surface area contributed by atoms with Gasteiger partial charge in [-0.3, -0.25) is 69.7 Å². The van der Waals surface area contributed by atoms with Gasteiger partial charge >= 0.3 is 6.09 Å². The molecule has 4 amide bonds. The molecular weight excluding hydrogens is 2220 g/mol. The first kappa shape index (κ1) is 112. The molecule has 0 fully saturated rings. The van der Waals surface area contributed by atoms with Crippen LogP contribution < -0.4 is 33.2 Å². The van der Waals surface area contributed by atoms with Crippen LogP contribution in [0.25, 0.3) is 39.5 Å². The molecule has 0 unspecified atom stereocenters. The maximum atomic E-state index is 12.8. The van der Waals surface area contributed by atoms with Crippen molar-refractivity contribution < 1.29 is 53.3 Å². The number of carbonyl (C=O) groups is 5. The summed E-state index contributed by atoms with van der Waals surface area (Å²) in [6, 6.07) is 63.5. The third kappa shape index (κ3) is 36.4. The normalized spacial score (nSPS) is 11.7. The number of ether oxygens (including phenoxy) is 1. The molecule has 141 heavy (non-hydrogen) atoms. The molecule has 16 aromatic rings. The number of nitrogens with one attached hydrogen (secondary N) is 3. The van der Waals surface area contributed by atoms with Crippen molar-refractivity contribution in [3.8, 4) is 39.5 Å². The second kappa shape index (κ2) is 55.9. The van der Waals surface area contributed by atoms with Crippen LogP contribution in [-0.2, 0) is 64.1 Å². The Labute approximate surface area is 883 Å². The minimum absolute atomic E-state index is 0. The third-order valence-electron chi connectivity index (χ3n) is 19.6. The highest BCUT2D eigenvalue weighted by Crippen LogP contribution is 2.37. The number of ketones is 1. The number of carbonyl (C=O) groups excluding carboxylic acids is 5. The summed E-state index contributed by atoms with van der Waals surface area (Å²) in [6.45, 7) is 5.18. The third-order valence-corrected chi connectivity index (χ3v) is 29.1. The van der Waals surface area contributed by atoms with Crippen molar-refractivity contribution in [3.05, 3.63) is 406 Å². The van der Waals surface area contributed by atoms with Crippen molar-refractivity contribution in [2.75, 3.05) is 5.33 Å². The van der Waals surface area contributed by atoms with Crippen molar-refractivity contribution in [1.82, 2.24) is 35.9 Å². The summed E-state index contributed by atoms with van der Waals surface area (Å²) < 4.78 is 5.14. The number of nitro groups is 5. The quantitative estimate of drug-likeness (QED) is 0.0126. The molecule has 7 aromatic carbocycles. The first-order valence-electron chi connectivity index (χ1n) is 41.8. The first-order chi connectivity index (χ1) is 66.6. The molecule has 0 spiro atoms. The van der Waals surface area contributed by atoms with Crippen LogP contribution >= 0.6 is 175 Å². The van der Waals surface area contributed by atoms with Crippen LogP contribution in [0.3, 0.4) is 0 Å². The zero-order chi connectivity index (χ0) is 99.7. The van der Waals surface area contributed by atoms with Gasteiger partial charge in [0.2, 0.25) is 11.8 Å². The largest absolute Gasteiger partial charge is 0.444 e. The number of alkyl carbamates (subject to hydrolysis) is 1.